The van der Waals surface area contributed by atoms with Crippen LogP contribution in [0.1, 0.15) is 15.9 Å². The molecule has 1 heterocycles. The summed E-state index contributed by atoms with van der Waals surface area (Å²) in [5.74, 6) is -1.50. The Balaban J connectivity index is 1.51. The monoisotopic (exact) mass is 420 g/mol. The van der Waals surface area contributed by atoms with Gasteiger partial charge in [-0.2, -0.15) is 0 Å². The molecule has 0 radical (unpaired) electrons. The van der Waals surface area contributed by atoms with E-state index in [-0.39, 0.29) is 6.42 Å². The number of carboxylic acid groups (broad SMARTS) is 1. The quantitative estimate of drug-likeness (QED) is 0.394. The van der Waals surface area contributed by atoms with Gasteiger partial charge in [-0.05, 0) is 28.5 Å². The number of aliphatic carboxylic acids is 1. The molecule has 0 spiro atoms. The van der Waals surface area contributed by atoms with Crippen LogP contribution in [-0.4, -0.2) is 28.0 Å². The summed E-state index contributed by atoms with van der Waals surface area (Å²) in [7, 11) is 0. The van der Waals surface area contributed by atoms with Gasteiger partial charge in [0.05, 0.1) is 16.6 Å². The van der Waals surface area contributed by atoms with Crippen LogP contribution in [0.4, 0.5) is 0 Å². The summed E-state index contributed by atoms with van der Waals surface area (Å²) >= 11 is 0. The maximum atomic E-state index is 13.4. The molecule has 0 saturated heterocycles. The van der Waals surface area contributed by atoms with E-state index in [0.717, 1.165) is 16.3 Å². The Labute approximate surface area is 184 Å². The number of rotatable bonds is 5. The molecular formula is C27H20N2O3. The van der Waals surface area contributed by atoms with Gasteiger partial charge in [-0.1, -0.05) is 78.9 Å². The number of carbonyl (C=O) groups is 2. The van der Waals surface area contributed by atoms with Crippen molar-refractivity contribution in [2.24, 2.45) is 0 Å². The van der Waals surface area contributed by atoms with Crippen LogP contribution in [0, 0.1) is 0 Å². The first-order chi connectivity index (χ1) is 15.6. The Hall–Kier alpha value is -4.25. The number of nitrogens with zero attached hydrogens (tertiary/aromatic N) is 1. The van der Waals surface area contributed by atoms with Gasteiger partial charge in [-0.25, -0.2) is 9.78 Å². The molecule has 32 heavy (non-hydrogen) atoms. The van der Waals surface area contributed by atoms with Crippen molar-refractivity contribution < 1.29 is 14.7 Å². The molecule has 0 fully saturated rings. The van der Waals surface area contributed by atoms with Crippen LogP contribution >= 0.6 is 0 Å². The number of pyridine rings is 1. The summed E-state index contributed by atoms with van der Waals surface area (Å²) in [4.78, 5) is 30.1. The van der Waals surface area contributed by atoms with E-state index in [1.54, 1.807) is 0 Å². The minimum atomic E-state index is -1.07. The third kappa shape index (κ3) is 3.65. The smallest absolute Gasteiger partial charge is 0.326 e. The zero-order valence-electron chi connectivity index (χ0n) is 17.2. The second-order valence-electron chi connectivity index (χ2n) is 7.77. The molecule has 5 nitrogen and oxygen atoms in total. The van der Waals surface area contributed by atoms with Gasteiger partial charge in [-0.3, -0.25) is 4.79 Å². The van der Waals surface area contributed by atoms with Gasteiger partial charge in [-0.15, -0.1) is 0 Å². The van der Waals surface area contributed by atoms with Crippen molar-refractivity contribution in [3.8, 4) is 0 Å². The van der Waals surface area contributed by atoms with E-state index in [9.17, 15) is 14.7 Å². The average Bonchev–Trinajstić information content (AvgIpc) is 2.81. The van der Waals surface area contributed by atoms with Crippen molar-refractivity contribution in [2.75, 3.05) is 0 Å². The Morgan fingerprint density at radius 3 is 2.03 bits per heavy atom. The van der Waals surface area contributed by atoms with Gasteiger partial charge in [0.25, 0.3) is 5.91 Å². The van der Waals surface area contributed by atoms with Crippen molar-refractivity contribution in [2.45, 2.75) is 12.5 Å². The summed E-state index contributed by atoms with van der Waals surface area (Å²) in [5, 5.41) is 16.1. The molecule has 1 atom stereocenters. The first kappa shape index (κ1) is 19.7. The van der Waals surface area contributed by atoms with Crippen LogP contribution in [0.2, 0.25) is 0 Å². The van der Waals surface area contributed by atoms with Gasteiger partial charge in [0, 0.05) is 17.2 Å². The lowest BCUT2D eigenvalue weighted by atomic mass is 9.99. The highest BCUT2D eigenvalue weighted by atomic mass is 16.4. The van der Waals surface area contributed by atoms with Crippen LogP contribution < -0.4 is 5.32 Å². The number of fused-ring (bicyclic) bond motifs is 3. The molecule has 5 rings (SSSR count). The second-order valence-corrected chi connectivity index (χ2v) is 7.77. The van der Waals surface area contributed by atoms with Gasteiger partial charge in [0.1, 0.15) is 6.04 Å². The molecule has 156 valence electrons. The molecule has 0 saturated carbocycles. The molecule has 0 unspecified atom stereocenters. The van der Waals surface area contributed by atoms with Crippen LogP contribution in [0.3, 0.4) is 0 Å². The number of carbonyl (C=O) groups excluding carboxylic acids is 1. The standard InChI is InChI=1S/C27H20N2O3/c30-26(25-20-9-3-5-11-22(20)28-23-12-6-4-10-21(23)25)29-24(27(31)32)16-17-13-14-18-7-1-2-8-19(18)15-17/h1-15,24H,16H2,(H,29,30)(H,31,32)/t24-/m1/s1. The highest BCUT2D eigenvalue weighted by Gasteiger charge is 2.24. The number of para-hydroxylation sites is 2. The first-order valence-electron chi connectivity index (χ1n) is 10.4. The number of carboxylic acids is 1. The summed E-state index contributed by atoms with van der Waals surface area (Å²) < 4.78 is 0. The maximum Gasteiger partial charge on any atom is 0.326 e. The highest BCUT2D eigenvalue weighted by molar-refractivity contribution is 6.16. The molecule has 4 aromatic carbocycles. The summed E-state index contributed by atoms with van der Waals surface area (Å²) in [6.07, 6.45) is 0.187. The summed E-state index contributed by atoms with van der Waals surface area (Å²) in [5.41, 5.74) is 2.67. The van der Waals surface area contributed by atoms with Crippen molar-refractivity contribution in [1.29, 1.82) is 0 Å². The molecule has 1 aromatic heterocycles. The number of amides is 1. The van der Waals surface area contributed by atoms with Gasteiger partial charge in [0.15, 0.2) is 0 Å². The first-order valence-corrected chi connectivity index (χ1v) is 10.4. The van der Waals surface area contributed by atoms with Gasteiger partial charge >= 0.3 is 5.97 Å². The van der Waals surface area contributed by atoms with Crippen molar-refractivity contribution >= 4 is 44.5 Å². The van der Waals surface area contributed by atoms with Crippen LogP contribution in [0.25, 0.3) is 32.6 Å². The Kier molecular flexibility index (Phi) is 5.00. The fraction of sp³-hybridized carbons (Fsp3) is 0.0741. The molecule has 0 aliphatic carbocycles. The molecular weight excluding hydrogens is 400 g/mol. The van der Waals surface area contributed by atoms with E-state index in [4.69, 9.17) is 0 Å². The van der Waals surface area contributed by atoms with Crippen LogP contribution in [0.15, 0.2) is 91.0 Å². The predicted octanol–water partition coefficient (Wildman–Crippen LogP) is 4.97. The third-order valence-corrected chi connectivity index (χ3v) is 5.67. The van der Waals surface area contributed by atoms with Crippen molar-refractivity contribution in [1.82, 2.24) is 10.3 Å². The fourth-order valence-electron chi connectivity index (χ4n) is 4.12. The second kappa shape index (κ2) is 8.12. The number of benzene rings is 4. The summed E-state index contributed by atoms with van der Waals surface area (Å²) in [6.45, 7) is 0. The van der Waals surface area contributed by atoms with Crippen LogP contribution in [-0.2, 0) is 11.2 Å². The van der Waals surface area contributed by atoms with E-state index in [1.807, 2.05) is 91.0 Å². The molecule has 0 bridgehead atoms. The molecule has 0 aliphatic rings. The fourth-order valence-corrected chi connectivity index (χ4v) is 4.12. The zero-order chi connectivity index (χ0) is 22.1. The third-order valence-electron chi connectivity index (χ3n) is 5.67. The molecule has 2 N–H and O–H groups in total. The molecule has 5 aromatic rings. The predicted molar refractivity (Wildman–Crippen MR) is 126 cm³/mol. The molecule has 5 heteroatoms. The lowest BCUT2D eigenvalue weighted by Gasteiger charge is -2.17. The zero-order valence-corrected chi connectivity index (χ0v) is 17.2. The van der Waals surface area contributed by atoms with E-state index in [2.05, 4.69) is 10.3 Å². The van der Waals surface area contributed by atoms with Gasteiger partial charge < -0.3 is 10.4 Å². The minimum absolute atomic E-state index is 0.187. The summed E-state index contributed by atoms with van der Waals surface area (Å²) in [6, 6.07) is 27.5. The Morgan fingerprint density at radius 2 is 1.38 bits per heavy atom. The Bertz CT molecular complexity index is 1440. The normalized spacial score (nSPS) is 12.1. The largest absolute Gasteiger partial charge is 0.480 e. The highest BCUT2D eigenvalue weighted by Crippen LogP contribution is 2.26. The van der Waals surface area contributed by atoms with Gasteiger partial charge in [0.2, 0.25) is 0 Å². The number of nitrogens with one attached hydrogen (secondary N) is 1. The Morgan fingerprint density at radius 1 is 0.781 bits per heavy atom. The number of hydrogen-bond acceptors (Lipinski definition) is 3. The lowest BCUT2D eigenvalue weighted by molar-refractivity contribution is -0.139. The SMILES string of the molecule is O=C(N[C@H](Cc1ccc2ccccc2c1)C(=O)O)c1c2ccccc2nc2ccccc12. The lowest BCUT2D eigenvalue weighted by Crippen LogP contribution is -2.42. The van der Waals surface area contributed by atoms with Crippen molar-refractivity contribution in [3.63, 3.8) is 0 Å². The number of aromatic nitrogens is 1. The maximum absolute atomic E-state index is 13.4. The average molecular weight is 420 g/mol. The topological polar surface area (TPSA) is 79.3 Å². The van der Waals surface area contributed by atoms with Crippen LogP contribution in [0.5, 0.6) is 0 Å². The van der Waals surface area contributed by atoms with E-state index in [0.29, 0.717) is 27.4 Å². The van der Waals surface area contributed by atoms with E-state index < -0.39 is 17.9 Å². The van der Waals surface area contributed by atoms with E-state index in [1.165, 1.54) is 0 Å². The van der Waals surface area contributed by atoms with E-state index >= 15 is 0 Å². The number of hydrogen-bond donors (Lipinski definition) is 2. The minimum Gasteiger partial charge on any atom is -0.480 e. The molecule has 0 aliphatic heterocycles. The van der Waals surface area contributed by atoms with Crippen molar-refractivity contribution in [3.05, 3.63) is 102 Å². The molecule has 1 amide bonds.